The van der Waals surface area contributed by atoms with Crippen molar-refractivity contribution in [1.29, 1.82) is 0 Å². The van der Waals surface area contributed by atoms with E-state index in [1.54, 1.807) is 12.2 Å². The maximum atomic E-state index is 13.4. The molecule has 0 aromatic carbocycles. The van der Waals surface area contributed by atoms with Crippen LogP contribution in [0.5, 0.6) is 0 Å². The number of nitrogens with two attached hydrogens (primary N) is 2. The van der Waals surface area contributed by atoms with Crippen molar-refractivity contribution in [1.82, 2.24) is 10.6 Å². The highest BCUT2D eigenvalue weighted by Gasteiger charge is 2.70. The Bertz CT molecular complexity index is 2300. The molecule has 8 saturated carbocycles. The van der Waals surface area contributed by atoms with E-state index in [-0.39, 0.29) is 87.9 Å². The van der Waals surface area contributed by atoms with E-state index in [1.807, 2.05) is 13.8 Å². The molecule has 0 saturated heterocycles. The Morgan fingerprint density at radius 2 is 0.976 bits per heavy atom. The standard InChI is InChI=1S/2C28H44N2O6.C2H6O6S2/c2*1-6-26(4)15-21(36-25(34)30-24(33)35-19-9-7-18(29)8-10-19)27(5)16(2)11-13-28(17(3)23(26)32)14-12-20(31)22(27)28;3-7-8-9-1-2-10(4,5)6/h2*6,16-19,21-23,32H,1,7-15,29H2,2-5H3,(H,30,33,34);3H,1-2H2,(H,4,5,6)/t2*16?,17-,18?,19?,21+,22?,23-,26+,27-,28-;/m00./s1. The van der Waals surface area contributed by atoms with Crippen molar-refractivity contribution in [2.75, 3.05) is 11.5 Å². The first-order valence-electron chi connectivity index (χ1n) is 29.4. The van der Waals surface area contributed by atoms with Gasteiger partial charge in [-0.1, -0.05) is 72.6 Å². The molecular formula is C58H94N4O18S2. The number of alkyl carbamates (subject to hydrolysis) is 4. The highest BCUT2D eigenvalue weighted by molar-refractivity contribution is 7.95. The Labute approximate surface area is 488 Å². The molecule has 16 atom stereocenters. The number of aliphatic hydroxyl groups excluding tert-OH is 2. The Kier molecular flexibility index (Phi) is 22.1. The normalized spacial score (nSPS) is 42.4. The van der Waals surface area contributed by atoms with E-state index in [9.17, 15) is 47.4 Å². The van der Waals surface area contributed by atoms with Crippen molar-refractivity contribution < 1.29 is 85.5 Å². The van der Waals surface area contributed by atoms with Gasteiger partial charge in [0, 0.05) is 76.2 Å². The second-order valence-electron chi connectivity index (χ2n) is 26.3. The predicted octanol–water partition coefficient (Wildman–Crippen LogP) is 8.91. The van der Waals surface area contributed by atoms with Gasteiger partial charge in [-0.05, 0) is 137 Å². The fraction of sp³-hybridized carbons (Fsp3) is 0.828. The van der Waals surface area contributed by atoms with Crippen molar-refractivity contribution in [2.45, 2.75) is 220 Å². The summed E-state index contributed by atoms with van der Waals surface area (Å²) in [5.41, 5.74) is 8.42. The van der Waals surface area contributed by atoms with E-state index in [4.69, 9.17) is 40.2 Å². The fourth-order valence-electron chi connectivity index (χ4n) is 16.5. The second-order valence-corrected chi connectivity index (χ2v) is 28.7. The number of hydrogen-bond donors (Lipinski definition) is 8. The SMILES string of the molecule is C=C[C@]1(C)C[C@@H](OC(=O)NC(=O)OC2CCC(N)CC2)[C@]2(C)C(C)CC[C@]3(CCC(=O)C32)[C@@H](C)[C@@H]1O.C=C[C@]1(C)C[C@@H](OC(=O)NC(=O)OC2CCC(N)CC2)[C@]2(C)C(C)CC[C@]3(CCC(=O)C32)[C@@H](C)[C@@H]1O.O=S(=O)(O)CCSOOO. The van der Waals surface area contributed by atoms with Gasteiger partial charge < -0.3 is 40.6 Å². The zero-order chi connectivity index (χ0) is 61.0. The Morgan fingerprint density at radius 3 is 1.30 bits per heavy atom. The third-order valence-electron chi connectivity index (χ3n) is 22.0. The van der Waals surface area contributed by atoms with Gasteiger partial charge in [-0.15, -0.1) is 17.5 Å². The summed E-state index contributed by atoms with van der Waals surface area (Å²) < 4.78 is 54.8. The predicted molar refractivity (Wildman–Crippen MR) is 303 cm³/mol. The summed E-state index contributed by atoms with van der Waals surface area (Å²) in [6, 6.07) is 0.246. The first-order chi connectivity index (χ1) is 38.3. The fourth-order valence-corrected chi connectivity index (χ4v) is 17.7. The summed E-state index contributed by atoms with van der Waals surface area (Å²) in [6.45, 7) is 24.4. The summed E-state index contributed by atoms with van der Waals surface area (Å²) in [7, 11) is -3.94. The molecule has 8 fully saturated rings. The molecule has 0 aliphatic heterocycles. The molecule has 466 valence electrons. The lowest BCUT2D eigenvalue weighted by atomic mass is 9.44. The van der Waals surface area contributed by atoms with E-state index in [1.165, 1.54) is 0 Å². The minimum Gasteiger partial charge on any atom is -0.446 e. The summed E-state index contributed by atoms with van der Waals surface area (Å²) in [6.07, 6.45) is 8.99. The van der Waals surface area contributed by atoms with Crippen LogP contribution >= 0.6 is 12.0 Å². The van der Waals surface area contributed by atoms with E-state index in [2.05, 4.69) is 74.7 Å². The van der Waals surface area contributed by atoms with Crippen molar-refractivity contribution in [3.8, 4) is 0 Å². The number of amides is 4. The van der Waals surface area contributed by atoms with Gasteiger partial charge in [0.05, 0.1) is 18.0 Å². The van der Waals surface area contributed by atoms with E-state index in [0.29, 0.717) is 63.4 Å². The second kappa shape index (κ2) is 26.9. The van der Waals surface area contributed by atoms with Gasteiger partial charge in [-0.3, -0.25) is 14.1 Å². The number of carbonyl (C=O) groups is 6. The Hall–Kier alpha value is -3.72. The van der Waals surface area contributed by atoms with Crippen LogP contribution in [0.4, 0.5) is 19.2 Å². The summed E-state index contributed by atoms with van der Waals surface area (Å²) in [5, 5.41) is 38.3. The molecule has 8 rings (SSSR count). The Balaban J connectivity index is 0.000000226. The van der Waals surface area contributed by atoms with Crippen LogP contribution in [0.25, 0.3) is 0 Å². The molecule has 8 aliphatic carbocycles. The third-order valence-corrected chi connectivity index (χ3v) is 23.5. The minimum atomic E-state index is -3.94. The molecule has 4 unspecified atom stereocenters. The molecule has 4 amide bonds. The topological polar surface area (TPSA) is 349 Å². The summed E-state index contributed by atoms with van der Waals surface area (Å²) in [5.74, 6) is -0.679. The lowest BCUT2D eigenvalue weighted by molar-refractivity contribution is -0.432. The molecular weight excluding hydrogens is 1100 g/mol. The number of ether oxygens (including phenoxy) is 4. The van der Waals surface area contributed by atoms with Gasteiger partial charge in [0.25, 0.3) is 10.1 Å². The van der Waals surface area contributed by atoms with Crippen LogP contribution < -0.4 is 22.1 Å². The molecule has 22 nitrogen and oxygen atoms in total. The maximum Gasteiger partial charge on any atom is 0.416 e. The molecule has 8 aliphatic rings. The number of rotatable bonds is 11. The van der Waals surface area contributed by atoms with Gasteiger partial charge in [0.1, 0.15) is 36.0 Å². The summed E-state index contributed by atoms with van der Waals surface area (Å²) in [4.78, 5) is 77.8. The van der Waals surface area contributed by atoms with Gasteiger partial charge in [0.15, 0.2) is 0 Å². The quantitative estimate of drug-likeness (QED) is 0.0182. The summed E-state index contributed by atoms with van der Waals surface area (Å²) >= 11 is 0.569. The van der Waals surface area contributed by atoms with Crippen molar-refractivity contribution in [3.63, 3.8) is 0 Å². The first-order valence-corrected chi connectivity index (χ1v) is 31.9. The van der Waals surface area contributed by atoms with Gasteiger partial charge >= 0.3 is 24.4 Å². The number of imide groups is 2. The number of carbonyl (C=O) groups excluding carboxylic acids is 6. The average Bonchev–Trinajstić information content (AvgIpc) is 3.90. The van der Waals surface area contributed by atoms with Gasteiger partial charge in [-0.2, -0.15) is 8.42 Å². The van der Waals surface area contributed by atoms with Gasteiger partial charge in [0.2, 0.25) is 0 Å². The number of aliphatic hydroxyl groups is 2. The van der Waals surface area contributed by atoms with Crippen LogP contribution in [0, 0.1) is 68.0 Å². The first kappa shape index (κ1) is 67.4. The van der Waals surface area contributed by atoms with Crippen molar-refractivity contribution in [3.05, 3.63) is 25.3 Å². The molecule has 0 heterocycles. The van der Waals surface area contributed by atoms with Crippen LogP contribution in [-0.4, -0.2) is 125 Å². The number of nitrogens with one attached hydrogen (secondary N) is 2. The highest BCUT2D eigenvalue weighted by atomic mass is 32.2. The van der Waals surface area contributed by atoms with Gasteiger partial charge in [-0.25, -0.2) is 35.1 Å². The van der Waals surface area contributed by atoms with Crippen LogP contribution in [0.2, 0.25) is 0 Å². The lowest BCUT2D eigenvalue weighted by Gasteiger charge is -2.61. The molecule has 0 aromatic heterocycles. The Morgan fingerprint density at radius 1 is 0.622 bits per heavy atom. The zero-order valence-electron chi connectivity index (χ0n) is 49.3. The molecule has 10 N–H and O–H groups in total. The van der Waals surface area contributed by atoms with Crippen LogP contribution in [0.3, 0.4) is 0 Å². The molecule has 24 heteroatoms. The zero-order valence-corrected chi connectivity index (χ0v) is 50.9. The molecule has 0 radical (unpaired) electrons. The van der Waals surface area contributed by atoms with Crippen LogP contribution in [0.15, 0.2) is 25.3 Å². The largest absolute Gasteiger partial charge is 0.446 e. The van der Waals surface area contributed by atoms with E-state index >= 15 is 0 Å². The molecule has 4 bridgehead atoms. The molecule has 0 aromatic rings. The molecule has 0 spiro atoms. The van der Waals surface area contributed by atoms with Crippen LogP contribution in [0.1, 0.15) is 171 Å². The number of hydrogen-bond acceptors (Lipinski definition) is 20. The lowest BCUT2D eigenvalue weighted by Crippen LogP contribution is -2.63. The molecule has 82 heavy (non-hydrogen) atoms. The smallest absolute Gasteiger partial charge is 0.416 e. The minimum absolute atomic E-state index is 0.0145. The average molecular weight is 1200 g/mol. The van der Waals surface area contributed by atoms with Crippen molar-refractivity contribution >= 4 is 58.1 Å². The van der Waals surface area contributed by atoms with E-state index < -0.39 is 86.3 Å². The number of ketones is 2. The van der Waals surface area contributed by atoms with E-state index in [0.717, 1.165) is 64.2 Å². The van der Waals surface area contributed by atoms with Crippen LogP contribution in [-0.2, 0) is 48.0 Å². The monoisotopic (exact) mass is 1200 g/mol. The highest BCUT2D eigenvalue weighted by Crippen LogP contribution is 2.69. The van der Waals surface area contributed by atoms with Crippen molar-refractivity contribution in [2.24, 2.45) is 79.5 Å². The number of Topliss-reactive ketones (excluding diaryl/α,β-unsaturated/α-hetero) is 2. The maximum absolute atomic E-state index is 13.4. The third kappa shape index (κ3) is 14.1.